The smallest absolute Gasteiger partial charge is 0.264 e. The van der Waals surface area contributed by atoms with Gasteiger partial charge in [-0.25, -0.2) is 13.4 Å². The highest BCUT2D eigenvalue weighted by atomic mass is 32.2. The van der Waals surface area contributed by atoms with Crippen LogP contribution in [0.25, 0.3) is 11.0 Å². The molecule has 3 aromatic rings. The first-order chi connectivity index (χ1) is 14.4. The number of fused-ring (bicyclic) bond motifs is 1. The summed E-state index contributed by atoms with van der Waals surface area (Å²) in [6.45, 7) is 0.641. The number of carbonyl (C=O) groups is 1. The lowest BCUT2D eigenvalue weighted by Gasteiger charge is -2.26. The molecule has 1 aromatic carbocycles. The summed E-state index contributed by atoms with van der Waals surface area (Å²) in [5.41, 5.74) is 0.226. The molecule has 0 saturated carbocycles. The second-order valence-corrected chi connectivity index (χ2v) is 9.10. The van der Waals surface area contributed by atoms with Crippen molar-refractivity contribution in [1.82, 2.24) is 23.6 Å². The minimum atomic E-state index is -3.72. The van der Waals surface area contributed by atoms with Crippen LogP contribution in [0.4, 0.5) is 5.69 Å². The molecule has 1 saturated heterocycles. The van der Waals surface area contributed by atoms with Gasteiger partial charge in [0.05, 0.1) is 11.9 Å². The highest BCUT2D eigenvalue weighted by molar-refractivity contribution is 7.89. The Morgan fingerprint density at radius 3 is 2.67 bits per heavy atom. The van der Waals surface area contributed by atoms with Gasteiger partial charge in [0.1, 0.15) is 23.2 Å². The third-order valence-corrected chi connectivity index (χ3v) is 7.08. The van der Waals surface area contributed by atoms with E-state index in [1.54, 1.807) is 25.2 Å². The van der Waals surface area contributed by atoms with Crippen LogP contribution in [0.15, 0.2) is 46.5 Å². The van der Waals surface area contributed by atoms with E-state index in [0.29, 0.717) is 24.1 Å². The summed E-state index contributed by atoms with van der Waals surface area (Å²) in [7, 11) is -2.05. The van der Waals surface area contributed by atoms with E-state index in [2.05, 4.69) is 15.4 Å². The molecule has 1 fully saturated rings. The zero-order chi connectivity index (χ0) is 21.3. The topological polar surface area (TPSA) is 119 Å². The Morgan fingerprint density at radius 2 is 1.90 bits per heavy atom. The molecule has 10 nitrogen and oxygen atoms in total. The number of rotatable bonds is 5. The maximum absolute atomic E-state index is 13.1. The Labute approximate surface area is 173 Å². The lowest BCUT2D eigenvalue weighted by Crippen LogP contribution is -2.36. The van der Waals surface area contributed by atoms with Crippen LogP contribution >= 0.6 is 0 Å². The molecule has 0 unspecified atom stereocenters. The number of aryl methyl sites for hydroxylation is 1. The third kappa shape index (κ3) is 3.73. The fraction of sp³-hybridized carbons (Fsp3) is 0.368. The lowest BCUT2D eigenvalue weighted by molar-refractivity contribution is -0.116. The summed E-state index contributed by atoms with van der Waals surface area (Å²) in [5, 5.41) is 6.93. The van der Waals surface area contributed by atoms with Crippen LogP contribution in [0.3, 0.4) is 0 Å². The predicted molar refractivity (Wildman–Crippen MR) is 110 cm³/mol. The molecule has 30 heavy (non-hydrogen) atoms. The van der Waals surface area contributed by atoms with E-state index >= 15 is 0 Å². The van der Waals surface area contributed by atoms with Crippen LogP contribution in [-0.2, 0) is 28.4 Å². The van der Waals surface area contributed by atoms with Crippen LogP contribution in [0.2, 0.25) is 0 Å². The largest absolute Gasteiger partial charge is 0.323 e. The van der Waals surface area contributed by atoms with Gasteiger partial charge in [-0.05, 0) is 25.0 Å². The number of para-hydroxylation sites is 1. The SMILES string of the molecule is Cn1ncc2c(=O)n(CC(=O)Nc3ccccc3S(=O)(=O)N3CCCCC3)cnc21. The number of nitrogens with zero attached hydrogens (tertiary/aromatic N) is 5. The van der Waals surface area contributed by atoms with Gasteiger partial charge in [0, 0.05) is 20.1 Å². The predicted octanol–water partition coefficient (Wildman–Crippen LogP) is 0.943. The summed E-state index contributed by atoms with van der Waals surface area (Å²) in [5.74, 6) is -0.525. The standard InChI is InChI=1S/C19H22N6O4S/c1-23-18-14(11-21-23)19(27)24(13-20-18)12-17(26)22-15-7-3-4-8-16(15)30(28,29)25-9-5-2-6-10-25/h3-4,7-8,11,13H,2,5-6,9-10,12H2,1H3,(H,22,26). The van der Waals surface area contributed by atoms with Crippen LogP contribution < -0.4 is 10.9 Å². The molecule has 158 valence electrons. The fourth-order valence-electron chi connectivity index (χ4n) is 3.56. The minimum Gasteiger partial charge on any atom is -0.323 e. The molecule has 1 aliphatic heterocycles. The summed E-state index contributed by atoms with van der Waals surface area (Å²) >= 11 is 0. The Bertz CT molecular complexity index is 1260. The zero-order valence-corrected chi connectivity index (χ0v) is 17.3. The average molecular weight is 430 g/mol. The number of benzene rings is 1. The van der Waals surface area contributed by atoms with Crippen molar-refractivity contribution in [2.24, 2.45) is 7.05 Å². The summed E-state index contributed by atoms with van der Waals surface area (Å²) in [6.07, 6.45) is 5.33. The molecule has 3 heterocycles. The van der Waals surface area contributed by atoms with E-state index in [0.717, 1.165) is 19.3 Å². The van der Waals surface area contributed by atoms with Crippen molar-refractivity contribution in [2.45, 2.75) is 30.7 Å². The van der Waals surface area contributed by atoms with Crippen molar-refractivity contribution in [3.63, 3.8) is 0 Å². The Morgan fingerprint density at radius 1 is 1.17 bits per heavy atom. The summed E-state index contributed by atoms with van der Waals surface area (Å²) < 4.78 is 30.2. The molecule has 11 heteroatoms. The number of amides is 1. The van der Waals surface area contributed by atoms with Gasteiger partial charge in [-0.15, -0.1) is 0 Å². The highest BCUT2D eigenvalue weighted by Crippen LogP contribution is 2.26. The van der Waals surface area contributed by atoms with Gasteiger partial charge in [0.2, 0.25) is 15.9 Å². The van der Waals surface area contributed by atoms with Gasteiger partial charge in [0.15, 0.2) is 5.65 Å². The molecular weight excluding hydrogens is 408 g/mol. The number of sulfonamides is 1. The normalized spacial score (nSPS) is 15.4. The van der Waals surface area contributed by atoms with E-state index in [1.807, 2.05) is 0 Å². The zero-order valence-electron chi connectivity index (χ0n) is 16.5. The summed E-state index contributed by atoms with van der Waals surface area (Å²) in [4.78, 5) is 29.4. The lowest BCUT2D eigenvalue weighted by atomic mass is 10.2. The first kappa shape index (κ1) is 20.2. The molecule has 0 spiro atoms. The average Bonchev–Trinajstić information content (AvgIpc) is 3.12. The first-order valence-corrected chi connectivity index (χ1v) is 11.1. The van der Waals surface area contributed by atoms with E-state index in [1.165, 1.54) is 32.1 Å². The number of anilines is 1. The quantitative estimate of drug-likeness (QED) is 0.644. The number of hydrogen-bond acceptors (Lipinski definition) is 6. The number of hydrogen-bond donors (Lipinski definition) is 1. The molecule has 1 amide bonds. The molecule has 0 atom stereocenters. The van der Waals surface area contributed by atoms with Crippen molar-refractivity contribution in [2.75, 3.05) is 18.4 Å². The third-order valence-electron chi connectivity index (χ3n) is 5.13. The number of piperidine rings is 1. The Hall–Kier alpha value is -3.05. The van der Waals surface area contributed by atoms with E-state index < -0.39 is 21.5 Å². The number of carbonyl (C=O) groups excluding carboxylic acids is 1. The van der Waals surface area contributed by atoms with Gasteiger partial charge in [-0.1, -0.05) is 18.6 Å². The second-order valence-electron chi connectivity index (χ2n) is 7.19. The molecule has 1 aliphatic rings. The maximum Gasteiger partial charge on any atom is 0.264 e. The molecule has 1 N–H and O–H groups in total. The molecular formula is C19H22N6O4S. The van der Waals surface area contributed by atoms with Gasteiger partial charge in [-0.3, -0.25) is 18.8 Å². The Balaban J connectivity index is 1.57. The van der Waals surface area contributed by atoms with Gasteiger partial charge in [-0.2, -0.15) is 9.40 Å². The van der Waals surface area contributed by atoms with Crippen molar-refractivity contribution >= 4 is 32.7 Å². The molecule has 2 aromatic heterocycles. The van der Waals surface area contributed by atoms with Crippen LogP contribution in [0, 0.1) is 0 Å². The molecule has 0 radical (unpaired) electrons. The number of aromatic nitrogens is 4. The highest BCUT2D eigenvalue weighted by Gasteiger charge is 2.28. The molecule has 0 aliphatic carbocycles. The van der Waals surface area contributed by atoms with Crippen LogP contribution in [-0.4, -0.2) is 51.1 Å². The molecule has 0 bridgehead atoms. The van der Waals surface area contributed by atoms with Crippen molar-refractivity contribution < 1.29 is 13.2 Å². The van der Waals surface area contributed by atoms with E-state index in [4.69, 9.17) is 0 Å². The van der Waals surface area contributed by atoms with Crippen molar-refractivity contribution in [3.05, 3.63) is 47.1 Å². The minimum absolute atomic E-state index is 0.0495. The van der Waals surface area contributed by atoms with Crippen LogP contribution in [0.5, 0.6) is 0 Å². The van der Waals surface area contributed by atoms with Gasteiger partial charge < -0.3 is 5.32 Å². The maximum atomic E-state index is 13.1. The van der Waals surface area contributed by atoms with Crippen LogP contribution in [0.1, 0.15) is 19.3 Å². The Kier molecular flexibility index (Phi) is 5.39. The van der Waals surface area contributed by atoms with Gasteiger partial charge >= 0.3 is 0 Å². The van der Waals surface area contributed by atoms with E-state index in [9.17, 15) is 18.0 Å². The van der Waals surface area contributed by atoms with Crippen molar-refractivity contribution in [3.8, 4) is 0 Å². The second kappa shape index (κ2) is 8.00. The monoisotopic (exact) mass is 430 g/mol. The molecule has 4 rings (SSSR count). The summed E-state index contributed by atoms with van der Waals surface area (Å²) in [6, 6.07) is 6.30. The van der Waals surface area contributed by atoms with Gasteiger partial charge in [0.25, 0.3) is 5.56 Å². The fourth-order valence-corrected chi connectivity index (χ4v) is 5.23. The first-order valence-electron chi connectivity index (χ1n) is 9.64. The van der Waals surface area contributed by atoms with Crippen molar-refractivity contribution in [1.29, 1.82) is 0 Å². The van der Waals surface area contributed by atoms with E-state index in [-0.39, 0.29) is 17.1 Å². The number of nitrogens with one attached hydrogen (secondary N) is 1.